The number of benzene rings is 1. The van der Waals surface area contributed by atoms with Crippen LogP contribution in [0.1, 0.15) is 18.6 Å². The van der Waals surface area contributed by atoms with Crippen molar-refractivity contribution in [3.8, 4) is 6.07 Å². The molecule has 0 unspecified atom stereocenters. The van der Waals surface area contributed by atoms with Crippen molar-refractivity contribution in [2.24, 2.45) is 0 Å². The maximum atomic E-state index is 12.5. The predicted molar refractivity (Wildman–Crippen MR) is 92.8 cm³/mol. The predicted octanol–water partition coefficient (Wildman–Crippen LogP) is 1.72. The molecule has 3 rings (SSSR count). The van der Waals surface area contributed by atoms with Crippen LogP contribution in [0.15, 0.2) is 51.9 Å². The van der Waals surface area contributed by atoms with E-state index in [1.54, 1.807) is 41.3 Å². The number of fused-ring (bicyclic) bond motifs is 1. The lowest BCUT2D eigenvalue weighted by molar-refractivity contribution is -0.132. The Bertz CT molecular complexity index is 988. The largest absolute Gasteiger partial charge is 0.467 e. The molecule has 8 nitrogen and oxygen atoms in total. The number of hydrogen-bond acceptors (Lipinski definition) is 6. The van der Waals surface area contributed by atoms with Crippen molar-refractivity contribution in [3.63, 3.8) is 0 Å². The highest BCUT2D eigenvalue weighted by atomic mass is 16.3. The van der Waals surface area contributed by atoms with Gasteiger partial charge in [0, 0.05) is 13.0 Å². The number of hydrogen-bond donors (Lipinski definition) is 0. The van der Waals surface area contributed by atoms with Crippen molar-refractivity contribution in [2.75, 3.05) is 6.54 Å². The molecule has 26 heavy (non-hydrogen) atoms. The summed E-state index contributed by atoms with van der Waals surface area (Å²) < 4.78 is 6.46. The zero-order valence-electron chi connectivity index (χ0n) is 14.0. The maximum Gasteiger partial charge on any atom is 0.277 e. The number of furan rings is 1. The van der Waals surface area contributed by atoms with Gasteiger partial charge in [-0.25, -0.2) is 4.68 Å². The molecule has 0 aliphatic heterocycles. The third kappa shape index (κ3) is 3.95. The minimum atomic E-state index is -0.280. The summed E-state index contributed by atoms with van der Waals surface area (Å²) in [6, 6.07) is 12.5. The van der Waals surface area contributed by atoms with Crippen LogP contribution in [0.25, 0.3) is 10.9 Å². The van der Waals surface area contributed by atoms with E-state index in [2.05, 4.69) is 10.3 Å². The van der Waals surface area contributed by atoms with E-state index in [1.165, 1.54) is 10.9 Å². The van der Waals surface area contributed by atoms with E-state index in [-0.39, 0.29) is 37.4 Å². The van der Waals surface area contributed by atoms with Crippen LogP contribution in [0, 0.1) is 11.3 Å². The Balaban J connectivity index is 1.70. The van der Waals surface area contributed by atoms with Gasteiger partial charge in [0.15, 0.2) is 0 Å². The summed E-state index contributed by atoms with van der Waals surface area (Å²) in [6.45, 7) is 0.705. The molecule has 1 amide bonds. The highest BCUT2D eigenvalue weighted by molar-refractivity contribution is 5.77. The second-order valence-corrected chi connectivity index (χ2v) is 5.69. The lowest BCUT2D eigenvalue weighted by atomic mass is 10.2. The molecule has 0 N–H and O–H groups in total. The Morgan fingerprint density at radius 1 is 1.27 bits per heavy atom. The zero-order valence-corrected chi connectivity index (χ0v) is 14.0. The third-order valence-corrected chi connectivity index (χ3v) is 3.94. The van der Waals surface area contributed by atoms with Gasteiger partial charge < -0.3 is 9.32 Å². The third-order valence-electron chi connectivity index (χ3n) is 3.94. The van der Waals surface area contributed by atoms with Crippen molar-refractivity contribution in [1.82, 2.24) is 19.9 Å². The van der Waals surface area contributed by atoms with Crippen molar-refractivity contribution in [2.45, 2.75) is 25.9 Å². The van der Waals surface area contributed by atoms with Gasteiger partial charge in [-0.3, -0.25) is 9.59 Å². The molecule has 0 bridgehead atoms. The molecule has 0 aliphatic rings. The Morgan fingerprint density at radius 3 is 2.88 bits per heavy atom. The summed E-state index contributed by atoms with van der Waals surface area (Å²) in [4.78, 5) is 26.5. The monoisotopic (exact) mass is 351 g/mol. The van der Waals surface area contributed by atoms with E-state index < -0.39 is 0 Å². The van der Waals surface area contributed by atoms with Crippen molar-refractivity contribution < 1.29 is 9.21 Å². The number of rotatable bonds is 7. The smallest absolute Gasteiger partial charge is 0.277 e. The van der Waals surface area contributed by atoms with E-state index >= 15 is 0 Å². The molecule has 0 radical (unpaired) electrons. The molecule has 0 fully saturated rings. The number of amides is 1. The van der Waals surface area contributed by atoms with Crippen LogP contribution < -0.4 is 5.56 Å². The van der Waals surface area contributed by atoms with Gasteiger partial charge in [0.2, 0.25) is 5.91 Å². The van der Waals surface area contributed by atoms with Gasteiger partial charge in [-0.1, -0.05) is 17.3 Å². The first-order chi connectivity index (χ1) is 12.7. The normalized spacial score (nSPS) is 10.6. The minimum Gasteiger partial charge on any atom is -0.467 e. The van der Waals surface area contributed by atoms with Gasteiger partial charge in [0.25, 0.3) is 5.56 Å². The first-order valence-electron chi connectivity index (χ1n) is 8.18. The molecule has 0 aliphatic carbocycles. The van der Waals surface area contributed by atoms with Gasteiger partial charge >= 0.3 is 0 Å². The average Bonchev–Trinajstić information content (AvgIpc) is 3.17. The lowest BCUT2D eigenvalue weighted by Gasteiger charge is -2.20. The van der Waals surface area contributed by atoms with E-state index in [9.17, 15) is 9.59 Å². The second-order valence-electron chi connectivity index (χ2n) is 5.69. The number of aryl methyl sites for hydroxylation is 1. The van der Waals surface area contributed by atoms with Crippen LogP contribution in [-0.4, -0.2) is 32.3 Å². The molecular formula is C18H17N5O3. The Kier molecular flexibility index (Phi) is 5.39. The fourth-order valence-corrected chi connectivity index (χ4v) is 2.60. The quantitative estimate of drug-likeness (QED) is 0.642. The molecule has 0 saturated heterocycles. The van der Waals surface area contributed by atoms with Gasteiger partial charge in [-0.15, -0.1) is 5.10 Å². The van der Waals surface area contributed by atoms with Gasteiger partial charge in [0.1, 0.15) is 11.3 Å². The summed E-state index contributed by atoms with van der Waals surface area (Å²) in [5.74, 6) is 0.456. The van der Waals surface area contributed by atoms with E-state index in [0.29, 0.717) is 23.2 Å². The van der Waals surface area contributed by atoms with Crippen LogP contribution >= 0.6 is 0 Å². The van der Waals surface area contributed by atoms with E-state index in [1.807, 2.05) is 6.07 Å². The first-order valence-corrected chi connectivity index (χ1v) is 8.18. The molecule has 132 valence electrons. The van der Waals surface area contributed by atoms with Crippen LogP contribution in [0.3, 0.4) is 0 Å². The standard InChI is InChI=1S/C18H17N5O3/c19-9-4-10-22(13-14-5-3-12-26-14)17(24)8-11-23-18(25)15-6-1-2-7-16(15)20-21-23/h1-3,5-7,12H,4,8,10-11,13H2. The topological polar surface area (TPSA) is 105 Å². The highest BCUT2D eigenvalue weighted by Crippen LogP contribution is 2.09. The van der Waals surface area contributed by atoms with Gasteiger partial charge in [-0.2, -0.15) is 5.26 Å². The van der Waals surface area contributed by atoms with Gasteiger partial charge in [0.05, 0.1) is 37.2 Å². The fraction of sp³-hybridized carbons (Fsp3) is 0.278. The summed E-state index contributed by atoms with van der Waals surface area (Å²) in [6.07, 6.45) is 1.84. The SMILES string of the molecule is N#CCCN(Cc1ccco1)C(=O)CCn1nnc2ccccc2c1=O. The van der Waals surface area contributed by atoms with Crippen molar-refractivity contribution in [1.29, 1.82) is 5.26 Å². The molecule has 0 saturated carbocycles. The maximum absolute atomic E-state index is 12.5. The summed E-state index contributed by atoms with van der Waals surface area (Å²) in [5, 5.41) is 17.2. The molecule has 2 aromatic heterocycles. The van der Waals surface area contributed by atoms with Crippen molar-refractivity contribution in [3.05, 3.63) is 58.8 Å². The molecule has 2 heterocycles. The van der Waals surface area contributed by atoms with Crippen LogP contribution in [0.4, 0.5) is 0 Å². The molecule has 8 heteroatoms. The number of aromatic nitrogens is 3. The second kappa shape index (κ2) is 8.07. The van der Waals surface area contributed by atoms with Crippen molar-refractivity contribution >= 4 is 16.8 Å². The summed E-state index contributed by atoms with van der Waals surface area (Å²) in [7, 11) is 0. The average molecular weight is 351 g/mol. The summed E-state index contributed by atoms with van der Waals surface area (Å²) in [5.41, 5.74) is 0.242. The zero-order chi connectivity index (χ0) is 18.4. The first kappa shape index (κ1) is 17.4. The number of carbonyl (C=O) groups excluding carboxylic acids is 1. The molecule has 1 aromatic carbocycles. The highest BCUT2D eigenvalue weighted by Gasteiger charge is 2.16. The van der Waals surface area contributed by atoms with E-state index in [0.717, 1.165) is 0 Å². The molecular weight excluding hydrogens is 334 g/mol. The fourth-order valence-electron chi connectivity index (χ4n) is 2.60. The Labute approximate surface area is 149 Å². The Morgan fingerprint density at radius 2 is 2.12 bits per heavy atom. The molecule has 0 atom stereocenters. The lowest BCUT2D eigenvalue weighted by Crippen LogP contribution is -2.33. The van der Waals surface area contributed by atoms with Gasteiger partial charge in [-0.05, 0) is 24.3 Å². The molecule has 0 spiro atoms. The van der Waals surface area contributed by atoms with Crippen LogP contribution in [0.5, 0.6) is 0 Å². The Hall–Kier alpha value is -3.47. The minimum absolute atomic E-state index is 0.0824. The van der Waals surface area contributed by atoms with E-state index in [4.69, 9.17) is 9.68 Å². The number of nitriles is 1. The van der Waals surface area contributed by atoms with Crippen LogP contribution in [-0.2, 0) is 17.9 Å². The number of carbonyl (C=O) groups is 1. The number of nitrogens with zero attached hydrogens (tertiary/aromatic N) is 5. The molecule has 3 aromatic rings. The van der Waals surface area contributed by atoms with Crippen LogP contribution in [0.2, 0.25) is 0 Å². The summed E-state index contributed by atoms with van der Waals surface area (Å²) >= 11 is 0.